The molecule has 6 rings (SSSR count). The number of hydrogen-bond donors (Lipinski definition) is 0. The van der Waals surface area contributed by atoms with Gasteiger partial charge in [-0.2, -0.15) is 0 Å². The molecule has 2 aromatic carbocycles. The van der Waals surface area contributed by atoms with Gasteiger partial charge in [0.25, 0.3) is 0 Å². The zero-order chi connectivity index (χ0) is 26.1. The van der Waals surface area contributed by atoms with Crippen LogP contribution in [-0.4, -0.2) is 17.7 Å². The fraction of sp³-hybridized carbons (Fsp3) is 0.235. The number of fused-ring (bicyclic) bond motifs is 2. The maximum Gasteiger partial charge on any atom is 0.133 e. The molecule has 38 heavy (non-hydrogen) atoms. The van der Waals surface area contributed by atoms with Gasteiger partial charge in [0.1, 0.15) is 11.5 Å². The summed E-state index contributed by atoms with van der Waals surface area (Å²) >= 11 is 0. The maximum absolute atomic E-state index is 6.55. The van der Waals surface area contributed by atoms with E-state index in [0.29, 0.717) is 0 Å². The second kappa shape index (κ2) is 9.94. The number of benzene rings is 2. The lowest BCUT2D eigenvalue weighted by atomic mass is 9.83. The van der Waals surface area contributed by atoms with Crippen LogP contribution in [-0.2, 0) is 11.8 Å². The number of ether oxygens (including phenoxy) is 1. The monoisotopic (exact) mass is 499 g/mol. The molecular formula is C34H33N3O. The van der Waals surface area contributed by atoms with Crippen LogP contribution >= 0.6 is 0 Å². The Morgan fingerprint density at radius 2 is 1.68 bits per heavy atom. The van der Waals surface area contributed by atoms with Gasteiger partial charge in [0, 0.05) is 48.4 Å². The topological polar surface area (TPSA) is 37.7 Å². The molecule has 2 aliphatic heterocycles. The fourth-order valence-electron chi connectivity index (χ4n) is 5.81. The first-order valence-corrected chi connectivity index (χ1v) is 13.4. The van der Waals surface area contributed by atoms with E-state index in [4.69, 9.17) is 9.73 Å². The number of hydrogen-bond acceptors (Lipinski definition) is 4. The highest BCUT2D eigenvalue weighted by Gasteiger charge is 2.37. The molecule has 0 amide bonds. The summed E-state index contributed by atoms with van der Waals surface area (Å²) in [4.78, 5) is 11.3. The molecule has 0 radical (unpaired) electrons. The van der Waals surface area contributed by atoms with Crippen molar-refractivity contribution in [3.8, 4) is 5.75 Å². The Kier molecular flexibility index (Phi) is 6.32. The molecule has 0 saturated carbocycles. The van der Waals surface area contributed by atoms with E-state index in [1.165, 1.54) is 33.7 Å². The molecule has 4 heteroatoms. The Labute approximate surface area is 225 Å². The van der Waals surface area contributed by atoms with E-state index in [1.54, 1.807) is 12.4 Å². The molecule has 0 unspecified atom stereocenters. The molecule has 3 heterocycles. The number of allylic oxidation sites excluding steroid dienone is 7. The van der Waals surface area contributed by atoms with Crippen molar-refractivity contribution in [3.05, 3.63) is 131 Å². The van der Waals surface area contributed by atoms with Crippen molar-refractivity contribution in [2.24, 2.45) is 4.99 Å². The van der Waals surface area contributed by atoms with E-state index in [9.17, 15) is 0 Å². The third-order valence-electron chi connectivity index (χ3n) is 7.83. The van der Waals surface area contributed by atoms with E-state index in [1.807, 2.05) is 18.2 Å². The van der Waals surface area contributed by atoms with Crippen LogP contribution in [0.25, 0.3) is 0 Å². The standard InChI is InChI=1S/C34H33N3O/c1-34(2)29-12-5-7-14-31(29)37(3)32(34)18-16-25-11-8-10-24(33(25)38-28-19-21-35-22-20-28)15-17-27-23-26-9-4-6-13-30(26)36-27/h4-7,9,12-22H,8,10-11,23H2,1-3H3/b17-15+,25-16+,32-18+. The van der Waals surface area contributed by atoms with Gasteiger partial charge in [-0.25, -0.2) is 0 Å². The molecule has 4 nitrogen and oxygen atoms in total. The normalized spacial score (nSPS) is 20.3. The molecule has 0 N–H and O–H groups in total. The molecule has 1 aliphatic carbocycles. The van der Waals surface area contributed by atoms with Crippen LogP contribution in [0.2, 0.25) is 0 Å². The summed E-state index contributed by atoms with van der Waals surface area (Å²) in [6.07, 6.45) is 16.4. The number of aliphatic imine (C=N–C) groups is 1. The van der Waals surface area contributed by atoms with Crippen molar-refractivity contribution in [2.75, 3.05) is 11.9 Å². The Hall–Kier alpha value is -4.18. The van der Waals surface area contributed by atoms with Crippen LogP contribution in [0.4, 0.5) is 11.4 Å². The van der Waals surface area contributed by atoms with Gasteiger partial charge in [-0.15, -0.1) is 0 Å². The van der Waals surface area contributed by atoms with Crippen LogP contribution in [0.1, 0.15) is 44.2 Å². The third kappa shape index (κ3) is 4.51. The van der Waals surface area contributed by atoms with Gasteiger partial charge in [-0.3, -0.25) is 9.98 Å². The summed E-state index contributed by atoms with van der Waals surface area (Å²) < 4.78 is 6.55. The predicted molar refractivity (Wildman–Crippen MR) is 156 cm³/mol. The Morgan fingerprint density at radius 3 is 2.50 bits per heavy atom. The zero-order valence-corrected chi connectivity index (χ0v) is 22.3. The molecule has 1 aromatic heterocycles. The Morgan fingerprint density at radius 1 is 0.895 bits per heavy atom. The van der Waals surface area contributed by atoms with E-state index in [0.717, 1.165) is 48.6 Å². The zero-order valence-electron chi connectivity index (χ0n) is 22.3. The maximum atomic E-state index is 6.55. The van der Waals surface area contributed by atoms with Gasteiger partial charge in [-0.1, -0.05) is 62.4 Å². The third-order valence-corrected chi connectivity index (χ3v) is 7.83. The number of pyridine rings is 1. The van der Waals surface area contributed by atoms with Crippen molar-refractivity contribution in [1.29, 1.82) is 0 Å². The smallest absolute Gasteiger partial charge is 0.133 e. The van der Waals surface area contributed by atoms with Gasteiger partial charge >= 0.3 is 0 Å². The van der Waals surface area contributed by atoms with Gasteiger partial charge in [-0.05, 0) is 78.0 Å². The molecule has 0 saturated heterocycles. The number of nitrogens with zero attached hydrogens (tertiary/aromatic N) is 3. The number of anilines is 1. The molecular weight excluding hydrogens is 466 g/mol. The lowest BCUT2D eigenvalue weighted by Gasteiger charge is -2.25. The minimum atomic E-state index is -0.0642. The summed E-state index contributed by atoms with van der Waals surface area (Å²) in [5, 5.41) is 0. The van der Waals surface area contributed by atoms with Gasteiger partial charge in [0.15, 0.2) is 0 Å². The van der Waals surface area contributed by atoms with Crippen molar-refractivity contribution < 1.29 is 4.74 Å². The molecule has 0 bridgehead atoms. The van der Waals surface area contributed by atoms with E-state index in [-0.39, 0.29) is 5.41 Å². The van der Waals surface area contributed by atoms with Crippen LogP contribution in [0, 0.1) is 0 Å². The molecule has 190 valence electrons. The average Bonchev–Trinajstić information content (AvgIpc) is 3.44. The summed E-state index contributed by atoms with van der Waals surface area (Å²) in [6.45, 7) is 4.61. The summed E-state index contributed by atoms with van der Waals surface area (Å²) in [6, 6.07) is 20.9. The molecule has 3 aliphatic rings. The minimum absolute atomic E-state index is 0.0642. The van der Waals surface area contributed by atoms with E-state index in [2.05, 4.69) is 97.5 Å². The van der Waals surface area contributed by atoms with Gasteiger partial charge in [0.2, 0.25) is 0 Å². The second-order valence-corrected chi connectivity index (χ2v) is 10.7. The van der Waals surface area contributed by atoms with E-state index < -0.39 is 0 Å². The first kappa shape index (κ1) is 24.2. The van der Waals surface area contributed by atoms with Crippen molar-refractivity contribution in [3.63, 3.8) is 0 Å². The lowest BCUT2D eigenvalue weighted by Crippen LogP contribution is -2.22. The highest BCUT2D eigenvalue weighted by molar-refractivity contribution is 6.02. The molecule has 0 fully saturated rings. The van der Waals surface area contributed by atoms with Crippen molar-refractivity contribution in [1.82, 2.24) is 4.98 Å². The largest absolute Gasteiger partial charge is 0.457 e. The number of para-hydroxylation sites is 2. The van der Waals surface area contributed by atoms with Crippen LogP contribution < -0.4 is 9.64 Å². The summed E-state index contributed by atoms with van der Waals surface area (Å²) in [5.74, 6) is 1.75. The molecule has 3 aromatic rings. The first-order chi connectivity index (χ1) is 18.5. The highest BCUT2D eigenvalue weighted by atomic mass is 16.5. The Bertz CT molecular complexity index is 1520. The number of aromatic nitrogens is 1. The predicted octanol–water partition coefficient (Wildman–Crippen LogP) is 8.02. The lowest BCUT2D eigenvalue weighted by molar-refractivity contribution is 0.415. The van der Waals surface area contributed by atoms with Crippen LogP contribution in [0.5, 0.6) is 5.75 Å². The summed E-state index contributed by atoms with van der Waals surface area (Å²) in [5.41, 5.74) is 9.74. The van der Waals surface area contributed by atoms with Gasteiger partial charge < -0.3 is 9.64 Å². The van der Waals surface area contributed by atoms with Crippen molar-refractivity contribution in [2.45, 2.75) is 44.9 Å². The first-order valence-electron chi connectivity index (χ1n) is 13.4. The minimum Gasteiger partial charge on any atom is -0.457 e. The van der Waals surface area contributed by atoms with Crippen LogP contribution in [0.3, 0.4) is 0 Å². The van der Waals surface area contributed by atoms with Crippen molar-refractivity contribution >= 4 is 17.1 Å². The highest BCUT2D eigenvalue weighted by Crippen LogP contribution is 2.47. The van der Waals surface area contributed by atoms with Gasteiger partial charge in [0.05, 0.1) is 5.69 Å². The fourth-order valence-corrected chi connectivity index (χ4v) is 5.81. The van der Waals surface area contributed by atoms with Crippen LogP contribution in [0.15, 0.2) is 125 Å². The second-order valence-electron chi connectivity index (χ2n) is 10.7. The summed E-state index contributed by atoms with van der Waals surface area (Å²) in [7, 11) is 2.16. The molecule has 0 spiro atoms. The van der Waals surface area contributed by atoms with E-state index >= 15 is 0 Å². The average molecular weight is 500 g/mol. The SMILES string of the molecule is CN1/C(=C/C=C2\CCCC(/C=C/C3=Nc4ccccc4C3)=C2Oc2ccncc2)C(C)(C)c2ccccc21. The number of likely N-dealkylation sites (N-methyl/N-ethyl adjacent to an activating group) is 1. The quantitative estimate of drug-likeness (QED) is 0.357. The Balaban J connectivity index is 1.36. The molecule has 0 atom stereocenters. The number of rotatable bonds is 5.